The fraction of sp³-hybridized carbons (Fsp3) is 0. The maximum Gasteiger partial charge on any atom is 0.161 e. The second kappa shape index (κ2) is 13.7. The Morgan fingerprint density at radius 3 is 1.74 bits per heavy atom. The molecule has 57 heavy (non-hydrogen) atoms. The topological polar surface area (TPSA) is 42.2 Å². The molecule has 0 saturated heterocycles. The molecular formula is C52H33N3OS. The van der Waals surface area contributed by atoms with E-state index in [0.29, 0.717) is 5.82 Å². The zero-order valence-corrected chi connectivity index (χ0v) is 31.5. The fourth-order valence-electron chi connectivity index (χ4n) is 7.99. The fourth-order valence-corrected chi connectivity index (χ4v) is 9.20. The summed E-state index contributed by atoms with van der Waals surface area (Å²) in [6, 6.07) is 70.1. The number of benzene rings is 8. The third-order valence-electron chi connectivity index (χ3n) is 10.7. The molecule has 0 radical (unpaired) electrons. The van der Waals surface area contributed by atoms with Crippen LogP contribution >= 0.6 is 11.3 Å². The molecule has 3 aromatic heterocycles. The van der Waals surface area contributed by atoms with Crippen molar-refractivity contribution in [1.82, 2.24) is 9.97 Å². The second-order valence-corrected chi connectivity index (χ2v) is 15.2. The van der Waals surface area contributed by atoms with E-state index in [-0.39, 0.29) is 0 Å². The van der Waals surface area contributed by atoms with Gasteiger partial charge in [0.15, 0.2) is 5.82 Å². The Hall–Kier alpha value is -7.34. The first kappa shape index (κ1) is 33.0. The Balaban J connectivity index is 1.08. The van der Waals surface area contributed by atoms with Gasteiger partial charge in [-0.1, -0.05) is 140 Å². The van der Waals surface area contributed by atoms with Gasteiger partial charge in [-0.3, -0.25) is 0 Å². The van der Waals surface area contributed by atoms with Crippen molar-refractivity contribution in [2.75, 3.05) is 4.90 Å². The minimum absolute atomic E-state index is 0.650. The lowest BCUT2D eigenvalue weighted by Crippen LogP contribution is -2.09. The maximum absolute atomic E-state index is 6.59. The maximum atomic E-state index is 6.59. The first-order chi connectivity index (χ1) is 28.2. The molecule has 0 aliphatic carbocycles. The molecule has 0 atom stereocenters. The molecule has 4 nitrogen and oxygen atoms in total. The molecule has 0 spiro atoms. The molecular weight excluding hydrogens is 715 g/mol. The van der Waals surface area contributed by atoms with Crippen LogP contribution in [0.25, 0.3) is 87.1 Å². The zero-order chi connectivity index (χ0) is 37.7. The van der Waals surface area contributed by atoms with E-state index in [2.05, 4.69) is 157 Å². The summed E-state index contributed by atoms with van der Waals surface area (Å²) in [5, 5.41) is 4.59. The van der Waals surface area contributed by atoms with Gasteiger partial charge in [0.2, 0.25) is 0 Å². The summed E-state index contributed by atoms with van der Waals surface area (Å²) in [7, 11) is 0. The number of fused-ring (bicyclic) bond motifs is 6. The van der Waals surface area contributed by atoms with Crippen molar-refractivity contribution in [3.05, 3.63) is 200 Å². The van der Waals surface area contributed by atoms with Crippen molar-refractivity contribution >= 4 is 70.5 Å². The van der Waals surface area contributed by atoms with E-state index in [1.165, 1.54) is 20.2 Å². The van der Waals surface area contributed by atoms with E-state index in [0.717, 1.165) is 78.2 Å². The number of nitrogens with zero attached hydrogens (tertiary/aromatic N) is 3. The highest BCUT2D eigenvalue weighted by atomic mass is 32.1. The van der Waals surface area contributed by atoms with Crippen LogP contribution in [0.4, 0.5) is 17.1 Å². The first-order valence-electron chi connectivity index (χ1n) is 19.1. The lowest BCUT2D eigenvalue weighted by Gasteiger charge is -2.26. The standard InChI is InChI=1S/C52H33N3OS/c1-4-15-35(16-5-1)44-33-45(36-17-6-2-7-18-36)54-52(53-44)43-31-37(32-48-50(43)42-22-10-12-25-47(42)56-48)34-27-29-39(30-28-34)55(38-19-8-3-9-20-38)46-24-14-23-41-40-21-11-13-26-49(40)57-51(41)46/h1-33H. The van der Waals surface area contributed by atoms with Crippen LogP contribution in [-0.4, -0.2) is 9.97 Å². The lowest BCUT2D eigenvalue weighted by molar-refractivity contribution is 0.669. The number of furan rings is 1. The predicted molar refractivity (Wildman–Crippen MR) is 239 cm³/mol. The SMILES string of the molecule is c1ccc(-c2cc(-c3ccccc3)nc(-c3cc(-c4ccc(N(c5ccccc5)c5cccc6c5sc5ccccc56)cc4)cc4oc5ccccc5c34)n2)cc1. The Kier molecular flexibility index (Phi) is 7.97. The van der Waals surface area contributed by atoms with E-state index in [1.54, 1.807) is 0 Å². The normalized spacial score (nSPS) is 11.5. The Morgan fingerprint density at radius 2 is 1.02 bits per heavy atom. The molecule has 0 N–H and O–H groups in total. The van der Waals surface area contributed by atoms with Gasteiger partial charge in [0.25, 0.3) is 0 Å². The van der Waals surface area contributed by atoms with Gasteiger partial charge in [-0.15, -0.1) is 11.3 Å². The molecule has 5 heteroatoms. The number of hydrogen-bond donors (Lipinski definition) is 0. The molecule has 0 fully saturated rings. The van der Waals surface area contributed by atoms with E-state index >= 15 is 0 Å². The summed E-state index contributed by atoms with van der Waals surface area (Å²) in [5.41, 5.74) is 11.8. The number of anilines is 3. The summed E-state index contributed by atoms with van der Waals surface area (Å²) < 4.78 is 9.14. The molecule has 8 aromatic carbocycles. The highest BCUT2D eigenvalue weighted by molar-refractivity contribution is 7.26. The summed E-state index contributed by atoms with van der Waals surface area (Å²) in [4.78, 5) is 12.9. The average molecular weight is 748 g/mol. The van der Waals surface area contributed by atoms with Gasteiger partial charge in [0.1, 0.15) is 11.2 Å². The molecule has 0 aliphatic rings. The predicted octanol–water partition coefficient (Wildman–Crippen LogP) is 14.9. The Labute approximate surface area is 333 Å². The average Bonchev–Trinajstić information content (AvgIpc) is 3.86. The zero-order valence-electron chi connectivity index (χ0n) is 30.7. The molecule has 0 aliphatic heterocycles. The smallest absolute Gasteiger partial charge is 0.161 e. The second-order valence-electron chi connectivity index (χ2n) is 14.2. The van der Waals surface area contributed by atoms with Crippen LogP contribution in [0, 0.1) is 0 Å². The van der Waals surface area contributed by atoms with Crippen molar-refractivity contribution in [1.29, 1.82) is 0 Å². The number of aromatic nitrogens is 2. The Bertz CT molecular complexity index is 3170. The third-order valence-corrected chi connectivity index (χ3v) is 11.9. The van der Waals surface area contributed by atoms with Gasteiger partial charge in [-0.05, 0) is 71.8 Å². The minimum atomic E-state index is 0.650. The van der Waals surface area contributed by atoms with E-state index in [4.69, 9.17) is 14.4 Å². The number of thiophene rings is 1. The highest BCUT2D eigenvalue weighted by Crippen LogP contribution is 2.45. The van der Waals surface area contributed by atoms with Gasteiger partial charge in [-0.25, -0.2) is 9.97 Å². The van der Waals surface area contributed by atoms with Gasteiger partial charge in [0.05, 0.1) is 21.8 Å². The molecule has 3 heterocycles. The molecule has 0 unspecified atom stereocenters. The van der Waals surface area contributed by atoms with Gasteiger partial charge < -0.3 is 9.32 Å². The van der Waals surface area contributed by atoms with Crippen LogP contribution in [0.1, 0.15) is 0 Å². The van der Waals surface area contributed by atoms with Gasteiger partial charge in [0, 0.05) is 54.3 Å². The quantitative estimate of drug-likeness (QED) is 0.163. The van der Waals surface area contributed by atoms with Crippen molar-refractivity contribution < 1.29 is 4.42 Å². The van der Waals surface area contributed by atoms with Crippen LogP contribution in [0.2, 0.25) is 0 Å². The van der Waals surface area contributed by atoms with Crippen molar-refractivity contribution in [3.63, 3.8) is 0 Å². The van der Waals surface area contributed by atoms with Crippen molar-refractivity contribution in [3.8, 4) is 45.0 Å². The van der Waals surface area contributed by atoms with E-state index in [9.17, 15) is 0 Å². The highest BCUT2D eigenvalue weighted by Gasteiger charge is 2.21. The molecule has 268 valence electrons. The Morgan fingerprint density at radius 1 is 0.421 bits per heavy atom. The van der Waals surface area contributed by atoms with E-state index in [1.807, 2.05) is 59.9 Å². The van der Waals surface area contributed by atoms with Crippen LogP contribution in [0.15, 0.2) is 205 Å². The number of para-hydroxylation sites is 2. The summed E-state index contributed by atoms with van der Waals surface area (Å²) >= 11 is 1.84. The molecule has 11 rings (SSSR count). The first-order valence-corrected chi connectivity index (χ1v) is 19.9. The van der Waals surface area contributed by atoms with Gasteiger partial charge in [-0.2, -0.15) is 0 Å². The van der Waals surface area contributed by atoms with Crippen LogP contribution in [-0.2, 0) is 0 Å². The van der Waals surface area contributed by atoms with Crippen molar-refractivity contribution in [2.24, 2.45) is 0 Å². The number of rotatable bonds is 7. The largest absolute Gasteiger partial charge is 0.456 e. The number of hydrogen-bond acceptors (Lipinski definition) is 5. The molecule has 0 amide bonds. The van der Waals surface area contributed by atoms with Crippen LogP contribution in [0.5, 0.6) is 0 Å². The van der Waals surface area contributed by atoms with Gasteiger partial charge >= 0.3 is 0 Å². The summed E-state index contributed by atoms with van der Waals surface area (Å²) in [6.45, 7) is 0. The lowest BCUT2D eigenvalue weighted by atomic mass is 9.97. The van der Waals surface area contributed by atoms with Crippen LogP contribution in [0.3, 0.4) is 0 Å². The molecule has 0 bridgehead atoms. The summed E-state index contributed by atoms with van der Waals surface area (Å²) in [6.07, 6.45) is 0. The minimum Gasteiger partial charge on any atom is -0.456 e. The van der Waals surface area contributed by atoms with E-state index < -0.39 is 0 Å². The third kappa shape index (κ3) is 5.84. The van der Waals surface area contributed by atoms with Crippen LogP contribution < -0.4 is 4.90 Å². The molecule has 11 aromatic rings. The molecule has 0 saturated carbocycles. The monoisotopic (exact) mass is 747 g/mol. The van der Waals surface area contributed by atoms with Crippen molar-refractivity contribution in [2.45, 2.75) is 0 Å². The summed E-state index contributed by atoms with van der Waals surface area (Å²) in [5.74, 6) is 0.650.